The van der Waals surface area contributed by atoms with Crippen LogP contribution < -0.4 is 0 Å². The second-order valence-electron chi connectivity index (χ2n) is 4.26. The topological polar surface area (TPSA) is 30.0 Å². The van der Waals surface area contributed by atoms with Gasteiger partial charge in [-0.05, 0) is 49.2 Å². The number of rotatable bonds is 4. The molecular weight excluding hydrogens is 229 g/mol. The summed E-state index contributed by atoms with van der Waals surface area (Å²) in [5.41, 5.74) is 2.07. The molecule has 1 heterocycles. The number of benzene rings is 1. The van der Waals surface area contributed by atoms with Gasteiger partial charge in [0.1, 0.15) is 5.82 Å². The zero-order valence-corrected chi connectivity index (χ0v) is 10.2. The van der Waals surface area contributed by atoms with Crippen LogP contribution in [0.3, 0.4) is 0 Å². The number of pyridine rings is 1. The van der Waals surface area contributed by atoms with Crippen molar-refractivity contribution in [3.05, 3.63) is 65.2 Å². The second-order valence-corrected chi connectivity index (χ2v) is 4.26. The van der Waals surface area contributed by atoms with Crippen molar-refractivity contribution >= 4 is 5.78 Å². The Hall–Kier alpha value is -2.03. The molecule has 0 saturated heterocycles. The predicted octanol–water partition coefficient (Wildman–Crippen LogP) is 3.34. The maximum absolute atomic E-state index is 13.2. The minimum Gasteiger partial charge on any atom is -0.294 e. The van der Waals surface area contributed by atoms with E-state index in [9.17, 15) is 9.18 Å². The van der Waals surface area contributed by atoms with E-state index in [0.29, 0.717) is 18.4 Å². The monoisotopic (exact) mass is 243 g/mol. The van der Waals surface area contributed by atoms with E-state index in [2.05, 4.69) is 4.98 Å². The normalized spacial score (nSPS) is 10.3. The van der Waals surface area contributed by atoms with Crippen molar-refractivity contribution in [1.29, 1.82) is 0 Å². The molecule has 92 valence electrons. The van der Waals surface area contributed by atoms with Crippen molar-refractivity contribution in [1.82, 2.24) is 4.98 Å². The summed E-state index contributed by atoms with van der Waals surface area (Å²) in [6.07, 6.45) is 2.63. The minimum absolute atomic E-state index is 0.0525. The molecule has 0 bridgehead atoms. The number of halogens is 1. The molecule has 0 amide bonds. The molecule has 0 aliphatic heterocycles. The molecule has 3 heteroatoms. The lowest BCUT2D eigenvalue weighted by Gasteiger charge is -2.03. The molecule has 2 rings (SSSR count). The highest BCUT2D eigenvalue weighted by Gasteiger charge is 2.08. The van der Waals surface area contributed by atoms with E-state index in [1.807, 2.05) is 18.2 Å². The summed E-state index contributed by atoms with van der Waals surface area (Å²) >= 11 is 0. The number of Topliss-reactive ketones (excluding diaryl/α,β-unsaturated/α-hetero) is 1. The Morgan fingerprint density at radius 2 is 2.11 bits per heavy atom. The van der Waals surface area contributed by atoms with Crippen molar-refractivity contribution in [3.8, 4) is 0 Å². The number of carbonyl (C=O) groups is 1. The summed E-state index contributed by atoms with van der Waals surface area (Å²) in [6, 6.07) is 10.0. The lowest BCUT2D eigenvalue weighted by molar-refractivity contribution is 0.0982. The first-order valence-electron chi connectivity index (χ1n) is 5.85. The Balaban J connectivity index is 2.04. The maximum atomic E-state index is 13.2. The van der Waals surface area contributed by atoms with Crippen LogP contribution in [0.2, 0.25) is 0 Å². The van der Waals surface area contributed by atoms with Gasteiger partial charge in [-0.15, -0.1) is 0 Å². The molecule has 1 aromatic carbocycles. The maximum Gasteiger partial charge on any atom is 0.163 e. The summed E-state index contributed by atoms with van der Waals surface area (Å²) < 4.78 is 13.2. The Bertz CT molecular complexity index is 531. The third kappa shape index (κ3) is 3.23. The molecule has 0 spiro atoms. The number of carbonyl (C=O) groups excluding carboxylic acids is 1. The van der Waals surface area contributed by atoms with Gasteiger partial charge >= 0.3 is 0 Å². The number of aromatic nitrogens is 1. The predicted molar refractivity (Wildman–Crippen MR) is 68.0 cm³/mol. The SMILES string of the molecule is Cc1cc(F)cc(C(=O)CCc2ccccn2)c1. The van der Waals surface area contributed by atoms with E-state index in [-0.39, 0.29) is 11.6 Å². The molecule has 2 nitrogen and oxygen atoms in total. The van der Waals surface area contributed by atoms with Gasteiger partial charge in [-0.25, -0.2) is 4.39 Å². The van der Waals surface area contributed by atoms with Crippen molar-refractivity contribution in [3.63, 3.8) is 0 Å². The third-order valence-corrected chi connectivity index (χ3v) is 2.70. The van der Waals surface area contributed by atoms with Crippen molar-refractivity contribution in [2.24, 2.45) is 0 Å². The van der Waals surface area contributed by atoms with Gasteiger partial charge in [-0.2, -0.15) is 0 Å². The Labute approximate surface area is 105 Å². The first-order valence-corrected chi connectivity index (χ1v) is 5.85. The van der Waals surface area contributed by atoms with E-state index in [1.165, 1.54) is 12.1 Å². The fraction of sp³-hybridized carbons (Fsp3) is 0.200. The molecule has 0 radical (unpaired) electrons. The first-order chi connectivity index (χ1) is 8.65. The zero-order chi connectivity index (χ0) is 13.0. The Morgan fingerprint density at radius 3 is 2.78 bits per heavy atom. The molecule has 0 saturated carbocycles. The van der Waals surface area contributed by atoms with Crippen LogP contribution in [0.25, 0.3) is 0 Å². The van der Waals surface area contributed by atoms with E-state index < -0.39 is 0 Å². The molecule has 0 aliphatic carbocycles. The van der Waals surface area contributed by atoms with Crippen molar-refractivity contribution in [2.45, 2.75) is 19.8 Å². The van der Waals surface area contributed by atoms with Gasteiger partial charge in [0.05, 0.1) is 0 Å². The highest BCUT2D eigenvalue weighted by atomic mass is 19.1. The highest BCUT2D eigenvalue weighted by Crippen LogP contribution is 2.12. The van der Waals surface area contributed by atoms with E-state index in [1.54, 1.807) is 19.2 Å². The van der Waals surface area contributed by atoms with E-state index in [4.69, 9.17) is 0 Å². The van der Waals surface area contributed by atoms with E-state index >= 15 is 0 Å². The minimum atomic E-state index is -0.365. The van der Waals surface area contributed by atoms with Gasteiger partial charge in [-0.1, -0.05) is 6.07 Å². The molecule has 1 aromatic heterocycles. The van der Waals surface area contributed by atoms with Crippen LogP contribution in [0.15, 0.2) is 42.6 Å². The second kappa shape index (κ2) is 5.54. The Morgan fingerprint density at radius 1 is 1.28 bits per heavy atom. The largest absolute Gasteiger partial charge is 0.294 e. The molecule has 0 atom stereocenters. The van der Waals surface area contributed by atoms with Crippen LogP contribution in [0.5, 0.6) is 0 Å². The molecule has 2 aromatic rings. The zero-order valence-electron chi connectivity index (χ0n) is 10.2. The van der Waals surface area contributed by atoms with Gasteiger partial charge in [-0.3, -0.25) is 9.78 Å². The van der Waals surface area contributed by atoms with Gasteiger partial charge in [0.2, 0.25) is 0 Å². The lowest BCUT2D eigenvalue weighted by atomic mass is 10.0. The van der Waals surface area contributed by atoms with Crippen molar-refractivity contribution in [2.75, 3.05) is 0 Å². The molecule has 0 unspecified atom stereocenters. The quantitative estimate of drug-likeness (QED) is 0.771. The first kappa shape index (κ1) is 12.4. The fourth-order valence-corrected chi connectivity index (χ4v) is 1.83. The third-order valence-electron chi connectivity index (χ3n) is 2.70. The Kier molecular flexibility index (Phi) is 3.82. The van der Waals surface area contributed by atoms with Gasteiger partial charge in [0, 0.05) is 23.9 Å². The summed E-state index contributed by atoms with van der Waals surface area (Å²) in [5.74, 6) is -0.417. The van der Waals surface area contributed by atoms with Crippen LogP contribution in [0.1, 0.15) is 28.0 Å². The van der Waals surface area contributed by atoms with Crippen LogP contribution in [0, 0.1) is 12.7 Å². The van der Waals surface area contributed by atoms with Crippen LogP contribution in [-0.2, 0) is 6.42 Å². The molecule has 0 fully saturated rings. The smallest absolute Gasteiger partial charge is 0.163 e. The van der Waals surface area contributed by atoms with Crippen molar-refractivity contribution < 1.29 is 9.18 Å². The number of aryl methyl sites for hydroxylation is 2. The standard InChI is InChI=1S/C15H14FNO/c1-11-8-12(10-13(16)9-11)15(18)6-5-14-4-2-3-7-17-14/h2-4,7-10H,5-6H2,1H3. The summed E-state index contributed by atoms with van der Waals surface area (Å²) in [5, 5.41) is 0. The number of nitrogens with zero attached hydrogens (tertiary/aromatic N) is 1. The highest BCUT2D eigenvalue weighted by molar-refractivity contribution is 5.96. The molecule has 0 N–H and O–H groups in total. The lowest BCUT2D eigenvalue weighted by Crippen LogP contribution is -2.03. The fourth-order valence-electron chi connectivity index (χ4n) is 1.83. The average Bonchev–Trinajstić information content (AvgIpc) is 2.36. The number of ketones is 1. The molecule has 0 aliphatic rings. The molecule has 18 heavy (non-hydrogen) atoms. The van der Waals surface area contributed by atoms with Crippen LogP contribution in [0.4, 0.5) is 4.39 Å². The van der Waals surface area contributed by atoms with Gasteiger partial charge < -0.3 is 0 Å². The number of hydrogen-bond donors (Lipinski definition) is 0. The summed E-state index contributed by atoms with van der Waals surface area (Å²) in [6.45, 7) is 1.78. The summed E-state index contributed by atoms with van der Waals surface area (Å²) in [4.78, 5) is 16.1. The van der Waals surface area contributed by atoms with Gasteiger partial charge in [0.15, 0.2) is 5.78 Å². The number of hydrogen-bond acceptors (Lipinski definition) is 2. The summed E-state index contributed by atoms with van der Waals surface area (Å²) in [7, 11) is 0. The van der Waals surface area contributed by atoms with E-state index in [0.717, 1.165) is 11.3 Å². The van der Waals surface area contributed by atoms with Crippen LogP contribution in [-0.4, -0.2) is 10.8 Å². The average molecular weight is 243 g/mol. The van der Waals surface area contributed by atoms with Crippen LogP contribution >= 0.6 is 0 Å². The molecular formula is C15H14FNO. The van der Waals surface area contributed by atoms with Gasteiger partial charge in [0.25, 0.3) is 0 Å².